The number of rotatable bonds is 9. The number of benzene rings is 1. The van der Waals surface area contributed by atoms with E-state index in [0.717, 1.165) is 30.9 Å². The third-order valence-corrected chi connectivity index (χ3v) is 7.24. The van der Waals surface area contributed by atoms with Crippen molar-refractivity contribution in [2.24, 2.45) is 0 Å². The second kappa shape index (κ2) is 8.64. The molecule has 1 fully saturated rings. The number of hydrogen-bond donors (Lipinski definition) is 1. The number of carbonyl (C=O) groups excluding carboxylic acids is 1. The molecule has 1 heterocycles. The standard InChI is InChI=1S/C18H29NO5SSi/c1-26(2,3)13-12-24-14-19-16(8-11-18(19)20)7-4-15-5-9-17(10-6-15)25(21,22)23/h5-6,9-10,16H,4,7-8,11-14H2,1-3H3,(H,21,22,23). The van der Waals surface area contributed by atoms with Crippen LogP contribution in [0, 0.1) is 0 Å². The van der Waals surface area contributed by atoms with Crippen LogP contribution in [-0.4, -0.2) is 51.2 Å². The molecule has 1 atom stereocenters. The summed E-state index contributed by atoms with van der Waals surface area (Å²) in [5, 5.41) is 0. The van der Waals surface area contributed by atoms with Gasteiger partial charge in [-0.05, 0) is 43.0 Å². The Morgan fingerprint density at radius 3 is 2.46 bits per heavy atom. The zero-order chi connectivity index (χ0) is 19.4. The number of hydrogen-bond acceptors (Lipinski definition) is 4. The van der Waals surface area contributed by atoms with E-state index < -0.39 is 18.2 Å². The summed E-state index contributed by atoms with van der Waals surface area (Å²) in [5.74, 6) is 0.143. The molecule has 1 aliphatic rings. The summed E-state index contributed by atoms with van der Waals surface area (Å²) in [7, 11) is -5.29. The van der Waals surface area contributed by atoms with Gasteiger partial charge in [0.25, 0.3) is 10.1 Å². The zero-order valence-electron chi connectivity index (χ0n) is 15.8. The smallest absolute Gasteiger partial charge is 0.294 e. The molecule has 0 spiro atoms. The number of nitrogens with zero attached hydrogens (tertiary/aromatic N) is 1. The van der Waals surface area contributed by atoms with Gasteiger partial charge in [-0.25, -0.2) is 0 Å². The predicted molar refractivity (Wildman–Crippen MR) is 103 cm³/mol. The van der Waals surface area contributed by atoms with Gasteiger partial charge in [0.1, 0.15) is 6.73 Å². The summed E-state index contributed by atoms with van der Waals surface area (Å²) in [5.41, 5.74) is 0.983. The maximum absolute atomic E-state index is 12.1. The predicted octanol–water partition coefficient (Wildman–Crippen LogP) is 3.17. The van der Waals surface area contributed by atoms with Crippen molar-refractivity contribution in [2.45, 2.75) is 62.3 Å². The molecule has 0 aromatic heterocycles. The molecular weight excluding hydrogens is 370 g/mol. The lowest BCUT2D eigenvalue weighted by Gasteiger charge is -2.25. The average molecular weight is 400 g/mol. The molecule has 0 radical (unpaired) electrons. The van der Waals surface area contributed by atoms with Gasteiger partial charge in [-0.15, -0.1) is 0 Å². The molecule has 8 heteroatoms. The Hall–Kier alpha value is -1.22. The van der Waals surface area contributed by atoms with Crippen LogP contribution in [0.1, 0.15) is 24.8 Å². The van der Waals surface area contributed by atoms with Gasteiger partial charge in [0, 0.05) is 27.1 Å². The molecule has 1 unspecified atom stereocenters. The van der Waals surface area contributed by atoms with Crippen molar-refractivity contribution in [1.82, 2.24) is 4.90 Å². The van der Waals surface area contributed by atoms with Crippen LogP contribution in [0.25, 0.3) is 0 Å². The third kappa shape index (κ3) is 6.50. The van der Waals surface area contributed by atoms with Crippen molar-refractivity contribution < 1.29 is 22.5 Å². The van der Waals surface area contributed by atoms with Crippen LogP contribution in [0.15, 0.2) is 29.2 Å². The van der Waals surface area contributed by atoms with Crippen molar-refractivity contribution in [1.29, 1.82) is 0 Å². The molecule has 146 valence electrons. The second-order valence-electron chi connectivity index (χ2n) is 8.06. The molecule has 1 saturated heterocycles. The molecule has 0 bridgehead atoms. The molecule has 1 amide bonds. The van der Waals surface area contributed by atoms with Gasteiger partial charge in [-0.1, -0.05) is 31.8 Å². The van der Waals surface area contributed by atoms with Crippen molar-refractivity contribution in [3.8, 4) is 0 Å². The van der Waals surface area contributed by atoms with E-state index in [1.807, 2.05) is 4.90 Å². The number of likely N-dealkylation sites (tertiary alicyclic amines) is 1. The summed E-state index contributed by atoms with van der Waals surface area (Å²) in [6.45, 7) is 7.95. The molecule has 1 aliphatic heterocycles. The van der Waals surface area contributed by atoms with Crippen LogP contribution in [0.2, 0.25) is 25.7 Å². The van der Waals surface area contributed by atoms with Gasteiger partial charge < -0.3 is 9.64 Å². The number of ether oxygens (including phenoxy) is 1. The normalized spacial score (nSPS) is 18.5. The molecule has 1 aromatic rings. The Morgan fingerprint density at radius 1 is 1.23 bits per heavy atom. The molecule has 1 N–H and O–H groups in total. The largest absolute Gasteiger partial charge is 0.361 e. The highest BCUT2D eigenvalue weighted by atomic mass is 32.2. The lowest BCUT2D eigenvalue weighted by atomic mass is 10.0. The second-order valence-corrected chi connectivity index (χ2v) is 15.1. The van der Waals surface area contributed by atoms with Crippen LogP contribution >= 0.6 is 0 Å². The van der Waals surface area contributed by atoms with Crippen LogP contribution in [0.4, 0.5) is 0 Å². The number of aryl methyl sites for hydroxylation is 1. The average Bonchev–Trinajstić information content (AvgIpc) is 2.88. The summed E-state index contributed by atoms with van der Waals surface area (Å²) >= 11 is 0. The molecule has 1 aromatic carbocycles. The molecule has 6 nitrogen and oxygen atoms in total. The molecular formula is C18H29NO5SSi. The SMILES string of the molecule is C[Si](C)(C)CCOCN1C(=O)CCC1CCc1ccc(S(=O)(=O)O)cc1. The highest BCUT2D eigenvalue weighted by Crippen LogP contribution is 2.23. The topological polar surface area (TPSA) is 83.9 Å². The summed E-state index contributed by atoms with van der Waals surface area (Å²) in [6, 6.07) is 7.46. The Labute approximate surface area is 157 Å². The minimum atomic E-state index is -4.16. The fourth-order valence-electron chi connectivity index (χ4n) is 2.97. The van der Waals surface area contributed by atoms with Crippen molar-refractivity contribution in [2.75, 3.05) is 13.3 Å². The monoisotopic (exact) mass is 399 g/mol. The van der Waals surface area contributed by atoms with Crippen LogP contribution in [0.3, 0.4) is 0 Å². The minimum Gasteiger partial charge on any atom is -0.361 e. The van der Waals surface area contributed by atoms with Crippen molar-refractivity contribution in [3.05, 3.63) is 29.8 Å². The van der Waals surface area contributed by atoms with Crippen LogP contribution in [0.5, 0.6) is 0 Å². The van der Waals surface area contributed by atoms with Gasteiger partial charge >= 0.3 is 0 Å². The molecule has 0 aliphatic carbocycles. The van der Waals surface area contributed by atoms with E-state index in [1.165, 1.54) is 12.1 Å². The van der Waals surface area contributed by atoms with Gasteiger partial charge in [-0.2, -0.15) is 8.42 Å². The fraction of sp³-hybridized carbons (Fsp3) is 0.611. The van der Waals surface area contributed by atoms with E-state index in [-0.39, 0.29) is 16.8 Å². The van der Waals surface area contributed by atoms with E-state index in [2.05, 4.69) is 19.6 Å². The zero-order valence-corrected chi connectivity index (χ0v) is 17.6. The summed E-state index contributed by atoms with van der Waals surface area (Å²) in [4.78, 5) is 13.8. The van der Waals surface area contributed by atoms with Gasteiger partial charge in [-0.3, -0.25) is 9.35 Å². The Kier molecular flexibility index (Phi) is 7.01. The first kappa shape index (κ1) is 21.1. The Balaban J connectivity index is 1.84. The third-order valence-electron chi connectivity index (χ3n) is 4.67. The number of amides is 1. The van der Waals surface area contributed by atoms with Gasteiger partial charge in [0.15, 0.2) is 0 Å². The van der Waals surface area contributed by atoms with Gasteiger partial charge in [0.2, 0.25) is 5.91 Å². The first-order valence-corrected chi connectivity index (χ1v) is 14.1. The number of carbonyl (C=O) groups is 1. The molecule has 26 heavy (non-hydrogen) atoms. The quantitative estimate of drug-likeness (QED) is 0.392. The van der Waals surface area contributed by atoms with E-state index in [0.29, 0.717) is 19.8 Å². The lowest BCUT2D eigenvalue weighted by Crippen LogP contribution is -2.36. The van der Waals surface area contributed by atoms with Crippen molar-refractivity contribution in [3.63, 3.8) is 0 Å². The fourth-order valence-corrected chi connectivity index (χ4v) is 4.21. The highest BCUT2D eigenvalue weighted by Gasteiger charge is 2.30. The van der Waals surface area contributed by atoms with E-state index >= 15 is 0 Å². The summed E-state index contributed by atoms with van der Waals surface area (Å²) < 4.78 is 36.9. The first-order chi connectivity index (χ1) is 12.1. The highest BCUT2D eigenvalue weighted by molar-refractivity contribution is 7.85. The summed E-state index contributed by atoms with van der Waals surface area (Å²) in [6.07, 6.45) is 2.95. The van der Waals surface area contributed by atoms with E-state index in [1.54, 1.807) is 12.1 Å². The Morgan fingerprint density at radius 2 is 1.88 bits per heavy atom. The Bertz CT molecular complexity index is 712. The molecule has 2 rings (SSSR count). The first-order valence-electron chi connectivity index (χ1n) is 9.00. The van der Waals surface area contributed by atoms with Gasteiger partial charge in [0.05, 0.1) is 4.90 Å². The maximum Gasteiger partial charge on any atom is 0.294 e. The van der Waals surface area contributed by atoms with E-state index in [4.69, 9.17) is 9.29 Å². The lowest BCUT2D eigenvalue weighted by molar-refractivity contribution is -0.134. The molecule has 0 saturated carbocycles. The maximum atomic E-state index is 12.1. The van der Waals surface area contributed by atoms with Crippen molar-refractivity contribution >= 4 is 24.1 Å². The van der Waals surface area contributed by atoms with Crippen LogP contribution < -0.4 is 0 Å². The minimum absolute atomic E-state index is 0.102. The van der Waals surface area contributed by atoms with E-state index in [9.17, 15) is 13.2 Å². The van der Waals surface area contributed by atoms with Crippen LogP contribution in [-0.2, 0) is 26.1 Å².